The molecule has 6 nitrogen and oxygen atoms in total. The molecule has 1 heterocycles. The van der Waals surface area contributed by atoms with E-state index < -0.39 is 11.6 Å². The number of guanidine groups is 1. The molecular formula is C19H30F2IN5O. The summed E-state index contributed by atoms with van der Waals surface area (Å²) < 4.78 is 27.9. The van der Waals surface area contributed by atoms with Crippen molar-refractivity contribution in [1.29, 1.82) is 0 Å². The predicted molar refractivity (Wildman–Crippen MR) is 119 cm³/mol. The lowest BCUT2D eigenvalue weighted by atomic mass is 10.1. The van der Waals surface area contributed by atoms with Crippen LogP contribution >= 0.6 is 24.0 Å². The van der Waals surface area contributed by atoms with Crippen LogP contribution in [0.25, 0.3) is 0 Å². The number of carbonyl (C=O) groups is 1. The standard InChI is InChI=1S/C19H29F2N5O.HI/c1-5-22-18(23-11-16(27)25-19(2,3)4)24-13-9-10-26(12-13)17-14(20)7-6-8-15(17)21;/h6-8,13H,5,9-12H2,1-4H3,(H,25,27)(H2,22,23,24);1H. The third-order valence-electron chi connectivity index (χ3n) is 4.02. The zero-order chi connectivity index (χ0) is 20.0. The Balaban J connectivity index is 0.00000392. The Labute approximate surface area is 182 Å². The number of anilines is 1. The lowest BCUT2D eigenvalue weighted by Gasteiger charge is -2.22. The zero-order valence-electron chi connectivity index (χ0n) is 16.8. The highest BCUT2D eigenvalue weighted by Crippen LogP contribution is 2.26. The third kappa shape index (κ3) is 7.40. The fourth-order valence-electron chi connectivity index (χ4n) is 2.99. The van der Waals surface area contributed by atoms with Crippen LogP contribution in [0.3, 0.4) is 0 Å². The van der Waals surface area contributed by atoms with Gasteiger partial charge in [-0.25, -0.2) is 13.8 Å². The minimum absolute atomic E-state index is 0. The molecule has 1 aliphatic heterocycles. The summed E-state index contributed by atoms with van der Waals surface area (Å²) in [7, 11) is 0. The van der Waals surface area contributed by atoms with Gasteiger partial charge in [-0.1, -0.05) is 6.07 Å². The molecule has 9 heteroatoms. The van der Waals surface area contributed by atoms with Crippen LogP contribution in [0.5, 0.6) is 0 Å². The molecule has 1 unspecified atom stereocenters. The monoisotopic (exact) mass is 509 g/mol. The topological polar surface area (TPSA) is 68.8 Å². The number of amides is 1. The second-order valence-electron chi connectivity index (χ2n) is 7.64. The van der Waals surface area contributed by atoms with Crippen LogP contribution in [0.1, 0.15) is 34.1 Å². The number of para-hydroxylation sites is 1. The Kier molecular flexibility index (Phi) is 9.38. The quantitative estimate of drug-likeness (QED) is 0.325. The summed E-state index contributed by atoms with van der Waals surface area (Å²) in [6.07, 6.45) is 0.715. The number of rotatable bonds is 5. The molecule has 1 aliphatic rings. The molecule has 0 spiro atoms. The molecule has 1 atom stereocenters. The summed E-state index contributed by atoms with van der Waals surface area (Å²) in [6, 6.07) is 3.86. The van der Waals surface area contributed by atoms with Gasteiger partial charge in [0.2, 0.25) is 5.91 Å². The van der Waals surface area contributed by atoms with Crippen LogP contribution in [0, 0.1) is 11.6 Å². The number of carbonyl (C=O) groups excluding carboxylic acids is 1. The van der Waals surface area contributed by atoms with E-state index in [9.17, 15) is 13.6 Å². The Bertz CT molecular complexity index is 673. The van der Waals surface area contributed by atoms with Crippen molar-refractivity contribution in [3.05, 3.63) is 29.8 Å². The first-order chi connectivity index (χ1) is 12.7. The van der Waals surface area contributed by atoms with Gasteiger partial charge in [-0.2, -0.15) is 0 Å². The molecular weight excluding hydrogens is 479 g/mol. The lowest BCUT2D eigenvalue weighted by Crippen LogP contribution is -2.46. The van der Waals surface area contributed by atoms with E-state index in [-0.39, 0.29) is 53.7 Å². The Hall–Kier alpha value is -1.65. The molecule has 0 saturated carbocycles. The summed E-state index contributed by atoms with van der Waals surface area (Å²) in [5.41, 5.74) is -0.304. The molecule has 0 radical (unpaired) electrons. The maximum absolute atomic E-state index is 14.0. The van der Waals surface area contributed by atoms with Gasteiger partial charge in [0.15, 0.2) is 5.96 Å². The molecule has 1 fully saturated rings. The molecule has 28 heavy (non-hydrogen) atoms. The fraction of sp³-hybridized carbons (Fsp3) is 0.579. The zero-order valence-corrected chi connectivity index (χ0v) is 19.1. The summed E-state index contributed by atoms with van der Waals surface area (Å²) >= 11 is 0. The summed E-state index contributed by atoms with van der Waals surface area (Å²) in [4.78, 5) is 18.0. The summed E-state index contributed by atoms with van der Waals surface area (Å²) in [6.45, 7) is 9.31. The molecule has 1 aromatic rings. The van der Waals surface area contributed by atoms with Gasteiger partial charge in [0.05, 0.1) is 0 Å². The van der Waals surface area contributed by atoms with Crippen molar-refractivity contribution in [3.8, 4) is 0 Å². The number of aliphatic imine (C=N–C) groups is 1. The van der Waals surface area contributed by atoms with Gasteiger partial charge >= 0.3 is 0 Å². The van der Waals surface area contributed by atoms with E-state index >= 15 is 0 Å². The highest BCUT2D eigenvalue weighted by atomic mass is 127. The van der Waals surface area contributed by atoms with Gasteiger partial charge < -0.3 is 20.9 Å². The molecule has 0 bridgehead atoms. The van der Waals surface area contributed by atoms with Gasteiger partial charge in [-0.3, -0.25) is 4.79 Å². The van der Waals surface area contributed by atoms with Gasteiger partial charge in [0.25, 0.3) is 0 Å². The smallest absolute Gasteiger partial charge is 0.242 e. The van der Waals surface area contributed by atoms with Crippen molar-refractivity contribution in [2.24, 2.45) is 4.99 Å². The van der Waals surface area contributed by atoms with E-state index in [0.29, 0.717) is 32.0 Å². The second kappa shape index (κ2) is 10.8. The van der Waals surface area contributed by atoms with Crippen molar-refractivity contribution >= 4 is 41.5 Å². The van der Waals surface area contributed by atoms with Crippen molar-refractivity contribution < 1.29 is 13.6 Å². The van der Waals surface area contributed by atoms with Gasteiger partial charge in [-0.15, -0.1) is 24.0 Å². The molecule has 158 valence electrons. The minimum Gasteiger partial charge on any atom is -0.365 e. The maximum atomic E-state index is 14.0. The number of nitrogens with zero attached hydrogens (tertiary/aromatic N) is 2. The first kappa shape index (κ1) is 24.4. The van der Waals surface area contributed by atoms with Crippen LogP contribution in [-0.4, -0.2) is 49.6 Å². The highest BCUT2D eigenvalue weighted by molar-refractivity contribution is 14.0. The van der Waals surface area contributed by atoms with E-state index in [1.54, 1.807) is 4.90 Å². The van der Waals surface area contributed by atoms with Gasteiger partial charge in [0.1, 0.15) is 23.9 Å². The Morgan fingerprint density at radius 1 is 1.29 bits per heavy atom. The third-order valence-corrected chi connectivity index (χ3v) is 4.02. The Morgan fingerprint density at radius 2 is 1.93 bits per heavy atom. The summed E-state index contributed by atoms with van der Waals surface area (Å²) in [5.74, 6) is -0.770. The molecule has 1 amide bonds. The first-order valence-electron chi connectivity index (χ1n) is 9.24. The van der Waals surface area contributed by atoms with Crippen molar-refractivity contribution in [2.75, 3.05) is 31.1 Å². The van der Waals surface area contributed by atoms with E-state index in [0.717, 1.165) is 0 Å². The largest absolute Gasteiger partial charge is 0.365 e. The van der Waals surface area contributed by atoms with Crippen LogP contribution in [0.4, 0.5) is 14.5 Å². The molecule has 2 rings (SSSR count). The average molecular weight is 509 g/mol. The maximum Gasteiger partial charge on any atom is 0.242 e. The molecule has 1 saturated heterocycles. The molecule has 0 aliphatic carbocycles. The second-order valence-corrected chi connectivity index (χ2v) is 7.64. The van der Waals surface area contributed by atoms with Crippen molar-refractivity contribution in [3.63, 3.8) is 0 Å². The first-order valence-corrected chi connectivity index (χ1v) is 9.24. The van der Waals surface area contributed by atoms with Gasteiger partial charge in [0, 0.05) is 31.2 Å². The predicted octanol–water partition coefficient (Wildman–Crippen LogP) is 2.63. The number of nitrogens with one attached hydrogen (secondary N) is 3. The van der Waals surface area contributed by atoms with E-state index in [1.807, 2.05) is 27.7 Å². The van der Waals surface area contributed by atoms with E-state index in [2.05, 4.69) is 20.9 Å². The van der Waals surface area contributed by atoms with Crippen molar-refractivity contribution in [2.45, 2.75) is 45.7 Å². The molecule has 1 aromatic carbocycles. The number of halogens is 3. The van der Waals surface area contributed by atoms with Crippen LogP contribution < -0.4 is 20.9 Å². The van der Waals surface area contributed by atoms with E-state index in [4.69, 9.17) is 0 Å². The van der Waals surface area contributed by atoms with Crippen LogP contribution in [0.2, 0.25) is 0 Å². The van der Waals surface area contributed by atoms with Gasteiger partial charge in [-0.05, 0) is 46.2 Å². The Morgan fingerprint density at radius 3 is 2.50 bits per heavy atom. The average Bonchev–Trinajstić information content (AvgIpc) is 2.99. The fourth-order valence-corrected chi connectivity index (χ4v) is 2.99. The lowest BCUT2D eigenvalue weighted by molar-refractivity contribution is -0.121. The normalized spacial score (nSPS) is 17.1. The number of benzene rings is 1. The number of hydrogen-bond acceptors (Lipinski definition) is 3. The summed E-state index contributed by atoms with van der Waals surface area (Å²) in [5, 5.41) is 9.20. The minimum atomic E-state index is -0.560. The van der Waals surface area contributed by atoms with E-state index in [1.165, 1.54) is 18.2 Å². The number of hydrogen-bond donors (Lipinski definition) is 3. The van der Waals surface area contributed by atoms with Crippen molar-refractivity contribution in [1.82, 2.24) is 16.0 Å². The highest BCUT2D eigenvalue weighted by Gasteiger charge is 2.27. The van der Waals surface area contributed by atoms with Crippen LogP contribution in [0.15, 0.2) is 23.2 Å². The molecule has 0 aromatic heterocycles. The molecule has 3 N–H and O–H groups in total. The SMILES string of the molecule is CCNC(=NCC(=O)NC(C)(C)C)NC1CCN(c2c(F)cccc2F)C1.I. The van der Waals surface area contributed by atoms with Crippen LogP contribution in [-0.2, 0) is 4.79 Å².